The van der Waals surface area contributed by atoms with Gasteiger partial charge in [-0.2, -0.15) is 4.98 Å². The Hall–Kier alpha value is -1.49. The van der Waals surface area contributed by atoms with Crippen LogP contribution in [0.5, 0.6) is 5.75 Å². The summed E-state index contributed by atoms with van der Waals surface area (Å²) in [5, 5.41) is 4.51. The van der Waals surface area contributed by atoms with Gasteiger partial charge in [0.1, 0.15) is 11.6 Å². The van der Waals surface area contributed by atoms with E-state index in [-0.39, 0.29) is 19.1 Å². The van der Waals surface area contributed by atoms with E-state index in [2.05, 4.69) is 65.5 Å². The van der Waals surface area contributed by atoms with Crippen LogP contribution in [0.4, 0.5) is 20.5 Å². The number of likely N-dealkylation sites (tertiary alicyclic amines) is 1. The van der Waals surface area contributed by atoms with Crippen LogP contribution in [0.1, 0.15) is 40.5 Å². The molecule has 1 N–H and O–H groups in total. The van der Waals surface area contributed by atoms with Gasteiger partial charge in [-0.1, -0.05) is 13.8 Å². The molecule has 3 heterocycles. The van der Waals surface area contributed by atoms with E-state index in [1.807, 2.05) is 12.1 Å². The number of alkyl halides is 2. The number of aromatic nitrogens is 2. The highest BCUT2D eigenvalue weighted by molar-refractivity contribution is 14.1. The maximum Gasteiger partial charge on any atom is 0.282 e. The lowest BCUT2D eigenvalue weighted by molar-refractivity contribution is -0.0271. The number of hydrogen-bond donors (Lipinski definition) is 1. The molecular weight excluding hydrogens is 527 g/mol. The van der Waals surface area contributed by atoms with E-state index in [0.717, 1.165) is 39.6 Å². The van der Waals surface area contributed by atoms with Crippen molar-refractivity contribution >= 4 is 45.3 Å². The van der Waals surface area contributed by atoms with Crippen LogP contribution in [0.15, 0.2) is 12.1 Å². The van der Waals surface area contributed by atoms with Crippen LogP contribution >= 0.6 is 22.6 Å². The number of ether oxygens (including phenoxy) is 1. The van der Waals surface area contributed by atoms with Crippen molar-refractivity contribution in [2.24, 2.45) is 5.92 Å². The van der Waals surface area contributed by atoms with Gasteiger partial charge >= 0.3 is 0 Å². The highest BCUT2D eigenvalue weighted by atomic mass is 127. The molecule has 1 aromatic carbocycles. The van der Waals surface area contributed by atoms with Gasteiger partial charge in [0.05, 0.1) is 29.3 Å². The summed E-state index contributed by atoms with van der Waals surface area (Å²) >= 11 is 2.21. The number of anilines is 2. The molecule has 0 saturated carbocycles. The minimum absolute atomic E-state index is 0.256. The standard InChI is InChI=1S/C23H32F2IN5O/c1-13(2)19-8-15(6-7-31(19)14(3)4)27-21-16-9-20(32-5)17(26)10-18(16)28-22(29-21)30-11-23(24,25)12-30/h9-10,13-15,19H,6-8,11-12H2,1-5H3,(H,27,28,29). The van der Waals surface area contributed by atoms with Crippen molar-refractivity contribution in [2.45, 2.75) is 64.6 Å². The van der Waals surface area contributed by atoms with Crippen molar-refractivity contribution in [2.75, 3.05) is 37.0 Å². The average Bonchev–Trinajstić information content (AvgIpc) is 2.71. The Morgan fingerprint density at radius 3 is 2.50 bits per heavy atom. The number of fused-ring (bicyclic) bond motifs is 1. The van der Waals surface area contributed by atoms with E-state index in [1.54, 1.807) is 12.0 Å². The molecule has 4 rings (SSSR count). The molecule has 0 radical (unpaired) electrons. The highest BCUT2D eigenvalue weighted by Gasteiger charge is 2.45. The third-order valence-electron chi connectivity index (χ3n) is 6.55. The first-order valence-electron chi connectivity index (χ1n) is 11.3. The zero-order chi connectivity index (χ0) is 23.2. The SMILES string of the molecule is COc1cc2c(NC3CCN(C(C)C)C(C(C)C)C3)nc(N3CC(F)(F)C3)nc2cc1I. The molecule has 176 valence electrons. The number of benzene rings is 1. The molecule has 2 unspecified atom stereocenters. The Morgan fingerprint density at radius 1 is 1.19 bits per heavy atom. The maximum absolute atomic E-state index is 13.5. The zero-order valence-corrected chi connectivity index (χ0v) is 21.5. The van der Waals surface area contributed by atoms with Crippen LogP contribution in [-0.4, -0.2) is 65.7 Å². The molecule has 0 bridgehead atoms. The van der Waals surface area contributed by atoms with Gasteiger partial charge in [0, 0.05) is 30.1 Å². The maximum atomic E-state index is 13.5. The molecule has 2 atom stereocenters. The van der Waals surface area contributed by atoms with Crippen molar-refractivity contribution in [1.82, 2.24) is 14.9 Å². The molecule has 2 aliphatic heterocycles. The smallest absolute Gasteiger partial charge is 0.282 e. The van der Waals surface area contributed by atoms with E-state index in [1.165, 1.54) is 0 Å². The fourth-order valence-electron chi connectivity index (χ4n) is 4.82. The molecule has 0 amide bonds. The number of nitrogens with one attached hydrogen (secondary N) is 1. The highest BCUT2D eigenvalue weighted by Crippen LogP contribution is 2.36. The summed E-state index contributed by atoms with van der Waals surface area (Å²) in [5.41, 5.74) is 0.734. The number of halogens is 3. The van der Waals surface area contributed by atoms with Gasteiger partial charge in [-0.25, -0.2) is 13.8 Å². The molecular formula is C23H32F2IN5O. The number of nitrogens with zero attached hydrogens (tertiary/aromatic N) is 4. The van der Waals surface area contributed by atoms with Crippen molar-refractivity contribution in [3.63, 3.8) is 0 Å². The molecule has 6 nitrogen and oxygen atoms in total. The van der Waals surface area contributed by atoms with Gasteiger partial charge in [0.15, 0.2) is 0 Å². The zero-order valence-electron chi connectivity index (χ0n) is 19.3. The van der Waals surface area contributed by atoms with Crippen molar-refractivity contribution < 1.29 is 13.5 Å². The number of methoxy groups -OCH3 is 1. The van der Waals surface area contributed by atoms with Crippen molar-refractivity contribution in [3.05, 3.63) is 15.7 Å². The van der Waals surface area contributed by atoms with Crippen LogP contribution in [0.2, 0.25) is 0 Å². The molecule has 0 aliphatic carbocycles. The third-order valence-corrected chi connectivity index (χ3v) is 7.39. The Labute approximate surface area is 202 Å². The van der Waals surface area contributed by atoms with Gasteiger partial charge in [0.25, 0.3) is 5.92 Å². The molecule has 32 heavy (non-hydrogen) atoms. The molecule has 2 aromatic rings. The Balaban J connectivity index is 1.67. The lowest BCUT2D eigenvalue weighted by Crippen LogP contribution is -2.57. The van der Waals surface area contributed by atoms with Crippen LogP contribution in [0.3, 0.4) is 0 Å². The van der Waals surface area contributed by atoms with E-state index in [0.29, 0.717) is 29.8 Å². The van der Waals surface area contributed by atoms with Crippen LogP contribution < -0.4 is 15.0 Å². The van der Waals surface area contributed by atoms with Gasteiger partial charge in [-0.15, -0.1) is 0 Å². The summed E-state index contributed by atoms with van der Waals surface area (Å²) in [4.78, 5) is 13.4. The number of hydrogen-bond acceptors (Lipinski definition) is 6. The molecule has 2 saturated heterocycles. The van der Waals surface area contributed by atoms with Gasteiger partial charge in [-0.3, -0.25) is 4.90 Å². The van der Waals surface area contributed by atoms with Gasteiger partial charge in [-0.05, 0) is 67.3 Å². The molecule has 9 heteroatoms. The average molecular weight is 559 g/mol. The Morgan fingerprint density at radius 2 is 1.91 bits per heavy atom. The second-order valence-electron chi connectivity index (χ2n) is 9.60. The third kappa shape index (κ3) is 4.73. The first kappa shape index (κ1) is 23.7. The quantitative estimate of drug-likeness (QED) is 0.503. The topological polar surface area (TPSA) is 53.5 Å². The summed E-state index contributed by atoms with van der Waals surface area (Å²) < 4.78 is 33.5. The second kappa shape index (κ2) is 9.04. The summed E-state index contributed by atoms with van der Waals surface area (Å²) in [6, 6.07) is 5.12. The lowest BCUT2D eigenvalue weighted by atomic mass is 9.88. The van der Waals surface area contributed by atoms with Crippen LogP contribution in [-0.2, 0) is 0 Å². The molecule has 2 aliphatic rings. The fourth-order valence-corrected chi connectivity index (χ4v) is 5.49. The number of piperidine rings is 1. The lowest BCUT2D eigenvalue weighted by Gasteiger charge is -2.44. The Kier molecular flexibility index (Phi) is 6.68. The summed E-state index contributed by atoms with van der Waals surface area (Å²) in [6.07, 6.45) is 2.02. The Bertz CT molecular complexity index is 979. The predicted octanol–water partition coefficient (Wildman–Crippen LogP) is 5.01. The van der Waals surface area contributed by atoms with Gasteiger partial charge < -0.3 is 15.0 Å². The van der Waals surface area contributed by atoms with E-state index in [9.17, 15) is 8.78 Å². The largest absolute Gasteiger partial charge is 0.496 e. The van der Waals surface area contributed by atoms with E-state index in [4.69, 9.17) is 9.72 Å². The summed E-state index contributed by atoms with van der Waals surface area (Å²) in [5.74, 6) is -0.325. The van der Waals surface area contributed by atoms with E-state index < -0.39 is 5.92 Å². The van der Waals surface area contributed by atoms with E-state index >= 15 is 0 Å². The minimum Gasteiger partial charge on any atom is -0.496 e. The monoisotopic (exact) mass is 559 g/mol. The normalized spacial score (nSPS) is 23.6. The first-order chi connectivity index (χ1) is 15.1. The first-order valence-corrected chi connectivity index (χ1v) is 12.4. The van der Waals surface area contributed by atoms with Crippen LogP contribution in [0, 0.1) is 9.49 Å². The molecule has 2 fully saturated rings. The van der Waals surface area contributed by atoms with Crippen molar-refractivity contribution in [3.8, 4) is 5.75 Å². The fraction of sp³-hybridized carbons (Fsp3) is 0.652. The van der Waals surface area contributed by atoms with Crippen LogP contribution in [0.25, 0.3) is 10.9 Å². The molecule has 1 aromatic heterocycles. The summed E-state index contributed by atoms with van der Waals surface area (Å²) in [7, 11) is 1.64. The summed E-state index contributed by atoms with van der Waals surface area (Å²) in [6.45, 7) is 9.40. The minimum atomic E-state index is -2.67. The number of rotatable bonds is 6. The second-order valence-corrected chi connectivity index (χ2v) is 10.8. The molecule has 0 spiro atoms. The van der Waals surface area contributed by atoms with Gasteiger partial charge in [0.2, 0.25) is 5.95 Å². The van der Waals surface area contributed by atoms with Crippen molar-refractivity contribution in [1.29, 1.82) is 0 Å². The predicted molar refractivity (Wildman–Crippen MR) is 133 cm³/mol.